The van der Waals surface area contributed by atoms with Gasteiger partial charge in [0.1, 0.15) is 11.8 Å². The van der Waals surface area contributed by atoms with Crippen molar-refractivity contribution in [2.24, 2.45) is 0 Å². The maximum atomic E-state index is 12.4. The van der Waals surface area contributed by atoms with Gasteiger partial charge in [-0.15, -0.1) is 0 Å². The highest BCUT2D eigenvalue weighted by molar-refractivity contribution is 6.31. The third kappa shape index (κ3) is 1.92. The van der Waals surface area contributed by atoms with Gasteiger partial charge in [0.05, 0.1) is 26.0 Å². The van der Waals surface area contributed by atoms with E-state index in [1.54, 1.807) is 18.2 Å². The van der Waals surface area contributed by atoms with E-state index in [1.807, 2.05) is 0 Å². The first-order valence-corrected chi connectivity index (χ1v) is 6.57. The van der Waals surface area contributed by atoms with Gasteiger partial charge in [-0.25, -0.2) is 9.69 Å². The molecule has 0 saturated carbocycles. The van der Waals surface area contributed by atoms with Gasteiger partial charge < -0.3 is 14.4 Å². The van der Waals surface area contributed by atoms with E-state index < -0.39 is 6.04 Å². The minimum Gasteiger partial charge on any atom is -0.495 e. The summed E-state index contributed by atoms with van der Waals surface area (Å²) in [7, 11) is 1.48. The maximum absolute atomic E-state index is 12.4. The predicted molar refractivity (Wildman–Crippen MR) is 72.2 cm³/mol. The lowest BCUT2D eigenvalue weighted by atomic mass is 10.2. The van der Waals surface area contributed by atoms with Crippen LogP contribution in [0.3, 0.4) is 0 Å². The largest absolute Gasteiger partial charge is 0.495 e. The van der Waals surface area contributed by atoms with E-state index in [0.717, 1.165) is 4.90 Å². The summed E-state index contributed by atoms with van der Waals surface area (Å²) in [5, 5.41) is 0.433. The van der Waals surface area contributed by atoms with Gasteiger partial charge in [0.25, 0.3) is 5.91 Å². The number of carbonyl (C=O) groups is 2. The standard InChI is InChI=1S/C13H13ClN2O4/c1-19-11-3-2-8(14)6-9(11)16-12(17)10-7-20-5-4-15(10)13(16)18/h2-3,6,10H,4-5,7H2,1H3. The normalized spacial score (nSPS) is 22.2. The first kappa shape index (κ1) is 13.2. The Bertz CT molecular complexity index is 553. The quantitative estimate of drug-likeness (QED) is 0.776. The number of rotatable bonds is 2. The Hall–Kier alpha value is -1.79. The Morgan fingerprint density at radius 3 is 2.90 bits per heavy atom. The molecule has 0 spiro atoms. The van der Waals surface area contributed by atoms with Gasteiger partial charge in [0.15, 0.2) is 0 Å². The number of benzene rings is 1. The molecule has 20 heavy (non-hydrogen) atoms. The number of anilines is 1. The van der Waals surface area contributed by atoms with Crippen LogP contribution in [0, 0.1) is 0 Å². The Labute approximate surface area is 120 Å². The van der Waals surface area contributed by atoms with Gasteiger partial charge in [-0.2, -0.15) is 0 Å². The summed E-state index contributed by atoms with van der Waals surface area (Å²) in [6.45, 7) is 1.08. The number of amides is 3. The van der Waals surface area contributed by atoms with E-state index in [1.165, 1.54) is 12.0 Å². The summed E-state index contributed by atoms with van der Waals surface area (Å²) < 4.78 is 10.5. The second-order valence-electron chi connectivity index (χ2n) is 4.56. The van der Waals surface area contributed by atoms with Crippen molar-refractivity contribution in [1.29, 1.82) is 0 Å². The topological polar surface area (TPSA) is 59.1 Å². The van der Waals surface area contributed by atoms with Crippen LogP contribution in [-0.4, -0.2) is 49.7 Å². The van der Waals surface area contributed by atoms with E-state index in [9.17, 15) is 9.59 Å². The van der Waals surface area contributed by atoms with Crippen LogP contribution in [0.1, 0.15) is 0 Å². The number of nitrogens with zero attached hydrogens (tertiary/aromatic N) is 2. The molecule has 0 aromatic heterocycles. The fourth-order valence-corrected chi connectivity index (χ4v) is 2.63. The predicted octanol–water partition coefficient (Wildman–Crippen LogP) is 1.52. The van der Waals surface area contributed by atoms with Gasteiger partial charge >= 0.3 is 6.03 Å². The molecular weight excluding hydrogens is 284 g/mol. The first-order chi connectivity index (χ1) is 9.63. The van der Waals surface area contributed by atoms with E-state index in [-0.39, 0.29) is 18.5 Å². The minimum absolute atomic E-state index is 0.226. The molecule has 6 nitrogen and oxygen atoms in total. The summed E-state index contributed by atoms with van der Waals surface area (Å²) in [5.74, 6) is 0.118. The molecule has 1 aromatic rings. The first-order valence-electron chi connectivity index (χ1n) is 6.19. The molecule has 1 unspecified atom stereocenters. The number of fused-ring (bicyclic) bond motifs is 1. The number of hydrogen-bond acceptors (Lipinski definition) is 4. The van der Waals surface area contributed by atoms with E-state index in [0.29, 0.717) is 29.6 Å². The zero-order valence-corrected chi connectivity index (χ0v) is 11.6. The van der Waals surface area contributed by atoms with Crippen LogP contribution in [0.4, 0.5) is 10.5 Å². The number of urea groups is 1. The highest BCUT2D eigenvalue weighted by atomic mass is 35.5. The molecule has 1 atom stereocenters. The zero-order valence-electron chi connectivity index (χ0n) is 10.8. The number of morpholine rings is 1. The van der Waals surface area contributed by atoms with Crippen LogP contribution in [0.25, 0.3) is 0 Å². The molecule has 3 amide bonds. The SMILES string of the molecule is COc1ccc(Cl)cc1N1C(=O)C2COCCN2C1=O. The van der Waals surface area contributed by atoms with Crippen LogP contribution < -0.4 is 9.64 Å². The van der Waals surface area contributed by atoms with Crippen molar-refractivity contribution in [3.8, 4) is 5.75 Å². The fourth-order valence-electron chi connectivity index (χ4n) is 2.47. The minimum atomic E-state index is -0.556. The van der Waals surface area contributed by atoms with Gasteiger partial charge in [0, 0.05) is 11.6 Å². The molecule has 0 N–H and O–H groups in total. The van der Waals surface area contributed by atoms with Crippen molar-refractivity contribution in [3.05, 3.63) is 23.2 Å². The Balaban J connectivity index is 2.03. The van der Waals surface area contributed by atoms with Gasteiger partial charge in [-0.3, -0.25) is 4.79 Å². The lowest BCUT2D eigenvalue weighted by Crippen LogP contribution is -2.45. The molecule has 7 heteroatoms. The van der Waals surface area contributed by atoms with Crippen molar-refractivity contribution in [1.82, 2.24) is 4.90 Å². The molecule has 0 radical (unpaired) electrons. The Kier molecular flexibility index (Phi) is 3.27. The van der Waals surface area contributed by atoms with Crippen molar-refractivity contribution < 1.29 is 19.1 Å². The average Bonchev–Trinajstić information content (AvgIpc) is 2.71. The van der Waals surface area contributed by atoms with Crippen LogP contribution in [0.15, 0.2) is 18.2 Å². The number of imide groups is 1. The van der Waals surface area contributed by atoms with Gasteiger partial charge in [-0.1, -0.05) is 11.6 Å². The van der Waals surface area contributed by atoms with E-state index in [2.05, 4.69) is 0 Å². The molecule has 1 aromatic carbocycles. The number of methoxy groups -OCH3 is 1. The smallest absolute Gasteiger partial charge is 0.332 e. The molecule has 2 saturated heterocycles. The molecule has 2 aliphatic rings. The van der Waals surface area contributed by atoms with E-state index >= 15 is 0 Å². The average molecular weight is 297 g/mol. The summed E-state index contributed by atoms with van der Waals surface area (Å²) >= 11 is 5.96. The number of carbonyl (C=O) groups excluding carboxylic acids is 2. The van der Waals surface area contributed by atoms with Crippen molar-refractivity contribution in [2.45, 2.75) is 6.04 Å². The van der Waals surface area contributed by atoms with Crippen LogP contribution in [0.2, 0.25) is 5.02 Å². The number of hydrogen-bond donors (Lipinski definition) is 0. The second kappa shape index (κ2) is 4.96. The third-order valence-electron chi connectivity index (χ3n) is 3.45. The molecular formula is C13H13ClN2O4. The lowest BCUT2D eigenvalue weighted by molar-refractivity contribution is -0.123. The maximum Gasteiger partial charge on any atom is 0.332 e. The highest BCUT2D eigenvalue weighted by Crippen LogP contribution is 2.35. The second-order valence-corrected chi connectivity index (χ2v) is 4.99. The van der Waals surface area contributed by atoms with Crippen LogP contribution >= 0.6 is 11.6 Å². The molecule has 106 valence electrons. The molecule has 2 fully saturated rings. The van der Waals surface area contributed by atoms with Crippen molar-refractivity contribution >= 4 is 29.2 Å². The molecule has 2 aliphatic heterocycles. The number of halogens is 1. The molecule has 3 rings (SSSR count). The highest BCUT2D eigenvalue weighted by Gasteiger charge is 2.48. The molecule has 0 bridgehead atoms. The van der Waals surface area contributed by atoms with Crippen molar-refractivity contribution in [2.75, 3.05) is 31.8 Å². The molecule has 0 aliphatic carbocycles. The third-order valence-corrected chi connectivity index (χ3v) is 3.69. The Morgan fingerprint density at radius 1 is 1.40 bits per heavy atom. The van der Waals surface area contributed by atoms with Crippen LogP contribution in [-0.2, 0) is 9.53 Å². The Morgan fingerprint density at radius 2 is 2.20 bits per heavy atom. The van der Waals surface area contributed by atoms with Gasteiger partial charge in [0.2, 0.25) is 0 Å². The summed E-state index contributed by atoms with van der Waals surface area (Å²) in [4.78, 5) is 27.5. The summed E-state index contributed by atoms with van der Waals surface area (Å²) in [6.07, 6.45) is 0. The van der Waals surface area contributed by atoms with Crippen molar-refractivity contribution in [3.63, 3.8) is 0 Å². The lowest BCUT2D eigenvalue weighted by Gasteiger charge is -2.26. The zero-order chi connectivity index (χ0) is 14.3. The van der Waals surface area contributed by atoms with E-state index in [4.69, 9.17) is 21.1 Å². The monoisotopic (exact) mass is 296 g/mol. The summed E-state index contributed by atoms with van der Waals surface area (Å²) in [5.41, 5.74) is 0.365. The molecule has 2 heterocycles. The summed E-state index contributed by atoms with van der Waals surface area (Å²) in [6, 6.07) is 3.91. The van der Waals surface area contributed by atoms with Gasteiger partial charge in [-0.05, 0) is 18.2 Å². The van der Waals surface area contributed by atoms with Crippen LogP contribution in [0.5, 0.6) is 5.75 Å². The fraction of sp³-hybridized carbons (Fsp3) is 0.385. The number of ether oxygens (including phenoxy) is 2.